The van der Waals surface area contributed by atoms with Crippen molar-refractivity contribution in [3.05, 3.63) is 54.1 Å². The van der Waals surface area contributed by atoms with Gasteiger partial charge in [0.05, 0.1) is 112 Å². The first-order valence-electron chi connectivity index (χ1n) is 22.9. The summed E-state index contributed by atoms with van der Waals surface area (Å²) in [6, 6.07) is 6.38. The van der Waals surface area contributed by atoms with Gasteiger partial charge in [-0.1, -0.05) is 56.0 Å². The number of nitrogens with zero attached hydrogens (tertiary/aromatic N) is 2. The van der Waals surface area contributed by atoms with Gasteiger partial charge in [0.1, 0.15) is 18.1 Å². The number of primary amides is 1. The molecule has 0 saturated carbocycles. The second-order valence-corrected chi connectivity index (χ2v) is 16.6. The summed E-state index contributed by atoms with van der Waals surface area (Å²) in [6.45, 7) is 8.03. The van der Waals surface area contributed by atoms with Gasteiger partial charge in [-0.2, -0.15) is 0 Å². The number of aliphatic hydroxyl groups is 1. The van der Waals surface area contributed by atoms with Crippen LogP contribution >= 0.6 is 7.82 Å². The van der Waals surface area contributed by atoms with E-state index in [1.807, 2.05) is 10.6 Å². The lowest BCUT2D eigenvalue weighted by Gasteiger charge is -2.25. The molecule has 1 heterocycles. The quantitative estimate of drug-likeness (QED) is 0.0360. The van der Waals surface area contributed by atoms with E-state index in [0.29, 0.717) is 84.9 Å². The highest BCUT2D eigenvalue weighted by atomic mass is 31.2. The number of ether oxygens (including phenoxy) is 7. The molecule has 23 heteroatoms. The number of carbonyl (C=O) groups is 4. The molecule has 0 fully saturated rings. The van der Waals surface area contributed by atoms with E-state index in [1.165, 1.54) is 12.5 Å². The van der Waals surface area contributed by atoms with Crippen LogP contribution in [0, 0.1) is 0 Å². The Morgan fingerprint density at radius 3 is 1.72 bits per heavy atom. The third kappa shape index (κ3) is 30.3. The zero-order valence-corrected chi connectivity index (χ0v) is 40.0. The number of carbonyl (C=O) groups excluding carboxylic acids is 4. The second-order valence-electron chi connectivity index (χ2n) is 15.4. The molecule has 8 N–H and O–H groups in total. The van der Waals surface area contributed by atoms with Crippen molar-refractivity contribution in [2.45, 2.75) is 102 Å². The normalized spacial score (nSPS) is 13.4. The van der Waals surface area contributed by atoms with E-state index in [1.54, 1.807) is 12.5 Å². The van der Waals surface area contributed by atoms with Crippen molar-refractivity contribution in [1.82, 2.24) is 25.5 Å². The second kappa shape index (κ2) is 37.1. The predicted molar refractivity (Wildman–Crippen MR) is 244 cm³/mol. The Labute approximate surface area is 393 Å². The van der Waals surface area contributed by atoms with Crippen LogP contribution in [0.15, 0.2) is 42.9 Å². The maximum atomic E-state index is 13.7. The highest BCUT2D eigenvalue weighted by Crippen LogP contribution is 2.38. The minimum atomic E-state index is -5.03. The van der Waals surface area contributed by atoms with Gasteiger partial charge in [-0.3, -0.25) is 23.7 Å². The van der Waals surface area contributed by atoms with E-state index < -0.39 is 55.7 Å². The Balaban J connectivity index is 1.77. The fraction of sp³-hybridized carbons (Fsp3) is 0.705. The van der Waals surface area contributed by atoms with Crippen molar-refractivity contribution < 1.29 is 76.3 Å². The molecule has 0 bridgehead atoms. The predicted octanol–water partition coefficient (Wildman–Crippen LogP) is 0.965. The maximum absolute atomic E-state index is 13.7. The number of amides is 4. The van der Waals surface area contributed by atoms with Crippen molar-refractivity contribution in [1.29, 1.82) is 0 Å². The zero-order valence-electron chi connectivity index (χ0n) is 39.1. The highest BCUT2D eigenvalue weighted by molar-refractivity contribution is 7.46. The van der Waals surface area contributed by atoms with Crippen molar-refractivity contribution in [3.63, 3.8) is 0 Å². The van der Waals surface area contributed by atoms with Gasteiger partial charge < -0.3 is 74.3 Å². The number of imidazole rings is 1. The molecule has 1 aromatic heterocycles. The average Bonchev–Trinajstić information content (AvgIpc) is 3.73. The molecule has 0 aliphatic heterocycles. The molecule has 2 aromatic rings. The standard InChI is InChI=1S/C44H75N6O16P/c1-35(43(54)49-41(42(45)53)36(2)66-67(56,57)58)47-44(55)39(32-38-33-46-34-50(38)16-11-6-4-3-5-8-12-37-13-9-7-10-14-37)48-40(52)15-18-59-20-22-61-24-26-63-28-30-65-31-29-64-27-25-62-23-21-60-19-17-51/h7,9-10,13-14,33-36,39,41,51H,3-6,8,11-12,15-32H2,1-2H3,(H2,45,53)(H,47,55)(H,48,52)(H,49,54)(H2,56,57,58)/t35-,36+,39-,41-/m0/s1. The van der Waals surface area contributed by atoms with E-state index in [2.05, 4.69) is 49.7 Å². The van der Waals surface area contributed by atoms with Gasteiger partial charge in [0, 0.05) is 31.3 Å². The molecule has 4 amide bonds. The smallest absolute Gasteiger partial charge is 0.394 e. The number of nitrogens with one attached hydrogen (secondary N) is 3. The Kier molecular flexibility index (Phi) is 32.8. The Morgan fingerprint density at radius 2 is 1.19 bits per heavy atom. The molecule has 0 spiro atoms. The summed E-state index contributed by atoms with van der Waals surface area (Å²) >= 11 is 0. The molecule has 0 aliphatic rings. The number of hydrogen-bond donors (Lipinski definition) is 7. The van der Waals surface area contributed by atoms with E-state index >= 15 is 0 Å². The van der Waals surface area contributed by atoms with E-state index in [-0.39, 0.29) is 39.3 Å². The van der Waals surface area contributed by atoms with Crippen molar-refractivity contribution in [2.75, 3.05) is 99.1 Å². The molecule has 0 aliphatic carbocycles. The van der Waals surface area contributed by atoms with Gasteiger partial charge >= 0.3 is 7.82 Å². The Hall–Kier alpha value is -3.90. The highest BCUT2D eigenvalue weighted by Gasteiger charge is 2.33. The van der Waals surface area contributed by atoms with Crippen LogP contribution in [0.25, 0.3) is 0 Å². The van der Waals surface area contributed by atoms with Crippen LogP contribution in [0.4, 0.5) is 0 Å². The number of aromatic nitrogens is 2. The first kappa shape index (κ1) is 59.2. The first-order chi connectivity index (χ1) is 32.3. The number of nitrogens with two attached hydrogens (primary N) is 1. The molecule has 2 rings (SSSR count). The van der Waals surface area contributed by atoms with E-state index in [9.17, 15) is 23.7 Å². The molecular formula is C44H75N6O16P. The number of unbranched alkanes of at least 4 members (excludes halogenated alkanes) is 5. The Morgan fingerprint density at radius 1 is 0.687 bits per heavy atom. The molecule has 0 saturated heterocycles. The summed E-state index contributed by atoms with van der Waals surface area (Å²) in [5.41, 5.74) is 7.39. The molecule has 22 nitrogen and oxygen atoms in total. The van der Waals surface area contributed by atoms with E-state index in [0.717, 1.165) is 51.9 Å². The third-order valence-corrected chi connectivity index (χ3v) is 10.5. The molecule has 0 radical (unpaired) electrons. The largest absolute Gasteiger partial charge is 0.469 e. The minimum absolute atomic E-state index is 0.0121. The number of phosphoric ester groups is 1. The minimum Gasteiger partial charge on any atom is -0.394 e. The van der Waals surface area contributed by atoms with Crippen LogP contribution in [-0.4, -0.2) is 171 Å². The van der Waals surface area contributed by atoms with Crippen molar-refractivity contribution in [2.24, 2.45) is 5.73 Å². The SMILES string of the molecule is C[C@H](NC(=O)[C@H](Cc1cncn1CCCCCCCCc1ccccc1)NC(=O)CCOCCOCCOCCOCCOCCOCCOCCO)C(=O)N[C@H](C(N)=O)[C@@H](C)OP(=O)(O)O. The Bertz CT molecular complexity index is 1670. The van der Waals surface area contributed by atoms with Gasteiger partial charge in [-0.05, 0) is 38.7 Å². The molecule has 1 aromatic carbocycles. The maximum Gasteiger partial charge on any atom is 0.469 e. The number of benzene rings is 1. The van der Waals surface area contributed by atoms with Gasteiger partial charge in [0.15, 0.2) is 0 Å². The summed E-state index contributed by atoms with van der Waals surface area (Å²) in [7, 11) is -5.03. The molecular weight excluding hydrogens is 899 g/mol. The van der Waals surface area contributed by atoms with Gasteiger partial charge in [0.2, 0.25) is 23.6 Å². The molecule has 4 atom stereocenters. The molecule has 0 unspecified atom stereocenters. The summed E-state index contributed by atoms with van der Waals surface area (Å²) in [4.78, 5) is 74.5. The van der Waals surface area contributed by atoms with Gasteiger partial charge in [0.25, 0.3) is 0 Å². The number of phosphoric acid groups is 1. The fourth-order valence-corrected chi connectivity index (χ4v) is 6.93. The summed E-state index contributed by atoms with van der Waals surface area (Å²) in [6.07, 6.45) is 9.22. The van der Waals surface area contributed by atoms with Crippen LogP contribution in [-0.2, 0) is 80.8 Å². The van der Waals surface area contributed by atoms with Crippen LogP contribution in [0.2, 0.25) is 0 Å². The van der Waals surface area contributed by atoms with Crippen LogP contribution in [0.1, 0.15) is 70.1 Å². The van der Waals surface area contributed by atoms with E-state index in [4.69, 9.17) is 53.8 Å². The summed E-state index contributed by atoms with van der Waals surface area (Å²) in [5.74, 6) is -3.20. The number of rotatable bonds is 43. The lowest BCUT2D eigenvalue weighted by Crippen LogP contribution is -2.58. The van der Waals surface area contributed by atoms with Gasteiger partial charge in [-0.25, -0.2) is 9.55 Å². The number of aliphatic hydroxyl groups excluding tert-OH is 1. The first-order valence-corrected chi connectivity index (χ1v) is 24.4. The number of hydrogen-bond acceptors (Lipinski definition) is 15. The molecule has 382 valence electrons. The van der Waals surface area contributed by atoms with Crippen molar-refractivity contribution >= 4 is 31.5 Å². The van der Waals surface area contributed by atoms with Crippen molar-refractivity contribution in [3.8, 4) is 0 Å². The topological polar surface area (TPSA) is 300 Å². The number of aryl methyl sites for hydroxylation is 2. The fourth-order valence-electron chi connectivity index (χ4n) is 6.37. The summed E-state index contributed by atoms with van der Waals surface area (Å²) in [5, 5.41) is 16.2. The lowest BCUT2D eigenvalue weighted by atomic mass is 10.0. The average molecular weight is 975 g/mol. The van der Waals surface area contributed by atoms with Crippen LogP contribution in [0.3, 0.4) is 0 Å². The van der Waals surface area contributed by atoms with Crippen LogP contribution in [0.5, 0.6) is 0 Å². The summed E-state index contributed by atoms with van der Waals surface area (Å²) < 4.78 is 55.7. The zero-order chi connectivity index (χ0) is 49.0. The van der Waals surface area contributed by atoms with Crippen LogP contribution < -0.4 is 21.7 Å². The van der Waals surface area contributed by atoms with Gasteiger partial charge in [-0.15, -0.1) is 0 Å². The molecule has 67 heavy (non-hydrogen) atoms. The monoisotopic (exact) mass is 974 g/mol. The lowest BCUT2D eigenvalue weighted by molar-refractivity contribution is -0.134. The third-order valence-electron chi connectivity index (χ3n) is 9.89.